The zero-order chi connectivity index (χ0) is 7.28. The highest BCUT2D eigenvalue weighted by atomic mass is 16.1. The summed E-state index contributed by atoms with van der Waals surface area (Å²) in [5, 5.41) is 0. The van der Waals surface area contributed by atoms with Crippen molar-refractivity contribution in [3.63, 3.8) is 0 Å². The van der Waals surface area contributed by atoms with Crippen LogP contribution in [0.25, 0.3) is 0 Å². The summed E-state index contributed by atoms with van der Waals surface area (Å²) in [4.78, 5) is 9.85. The van der Waals surface area contributed by atoms with Crippen molar-refractivity contribution in [2.75, 3.05) is 0 Å². The van der Waals surface area contributed by atoms with Crippen molar-refractivity contribution in [2.45, 2.75) is 20.8 Å². The molecule has 0 saturated heterocycles. The summed E-state index contributed by atoms with van der Waals surface area (Å²) in [5.74, 6) is 1.14. The minimum atomic E-state index is 0.509. The van der Waals surface area contributed by atoms with Gasteiger partial charge in [0.25, 0.3) is 0 Å². The molecule has 0 aromatic rings. The molecule has 1 unspecified atom stereocenters. The molecule has 1 nitrogen and oxygen atoms in total. The van der Waals surface area contributed by atoms with E-state index in [4.69, 9.17) is 0 Å². The predicted octanol–water partition coefficient (Wildman–Crippen LogP) is 2.03. The highest BCUT2D eigenvalue weighted by molar-refractivity contribution is 5.64. The monoisotopic (exact) mass is 126 g/mol. The van der Waals surface area contributed by atoms with E-state index >= 15 is 0 Å². The Hall–Kier alpha value is -0.590. The van der Waals surface area contributed by atoms with E-state index in [1.54, 1.807) is 6.08 Å². The number of hydrogen-bond acceptors (Lipinski definition) is 1. The predicted molar refractivity (Wildman–Crippen MR) is 39.2 cm³/mol. The van der Waals surface area contributed by atoms with Crippen molar-refractivity contribution in [3.8, 4) is 0 Å². The SMILES string of the molecule is CC(C)C(C)/C=C/C=O. The van der Waals surface area contributed by atoms with E-state index in [2.05, 4.69) is 20.8 Å². The summed E-state index contributed by atoms with van der Waals surface area (Å²) in [5.41, 5.74) is 0. The average molecular weight is 126 g/mol. The van der Waals surface area contributed by atoms with Gasteiger partial charge in [-0.25, -0.2) is 0 Å². The fraction of sp³-hybridized carbons (Fsp3) is 0.625. The molecule has 1 heteroatoms. The molecule has 9 heavy (non-hydrogen) atoms. The van der Waals surface area contributed by atoms with Crippen molar-refractivity contribution in [1.82, 2.24) is 0 Å². The molecule has 0 fully saturated rings. The Morgan fingerprint density at radius 2 is 1.78 bits per heavy atom. The molecule has 0 amide bonds. The molecule has 0 bridgehead atoms. The molecular formula is C8H14O. The first-order chi connectivity index (χ1) is 4.18. The fourth-order valence-corrected chi connectivity index (χ4v) is 0.443. The summed E-state index contributed by atoms with van der Waals surface area (Å²) in [6, 6.07) is 0. The number of rotatable bonds is 3. The van der Waals surface area contributed by atoms with Crippen molar-refractivity contribution in [3.05, 3.63) is 12.2 Å². The summed E-state index contributed by atoms with van der Waals surface area (Å²) in [6.07, 6.45) is 4.31. The van der Waals surface area contributed by atoms with Crippen LogP contribution in [-0.2, 0) is 4.79 Å². The second-order valence-electron chi connectivity index (χ2n) is 2.62. The maximum atomic E-state index is 9.85. The van der Waals surface area contributed by atoms with Gasteiger partial charge in [-0.3, -0.25) is 4.79 Å². The first kappa shape index (κ1) is 8.41. The standard InChI is InChI=1S/C8H14O/c1-7(2)8(3)5-4-6-9/h4-8H,1-3H3/b5-4+. The first-order valence-corrected chi connectivity index (χ1v) is 3.30. The van der Waals surface area contributed by atoms with Gasteiger partial charge in [-0.1, -0.05) is 26.8 Å². The van der Waals surface area contributed by atoms with Crippen molar-refractivity contribution < 1.29 is 4.79 Å². The quantitative estimate of drug-likeness (QED) is 0.417. The van der Waals surface area contributed by atoms with Crippen LogP contribution in [0.3, 0.4) is 0 Å². The summed E-state index contributed by atoms with van der Waals surface area (Å²) in [6.45, 7) is 6.38. The van der Waals surface area contributed by atoms with E-state index in [9.17, 15) is 4.79 Å². The molecule has 0 aromatic carbocycles. The topological polar surface area (TPSA) is 17.1 Å². The smallest absolute Gasteiger partial charge is 0.142 e. The van der Waals surface area contributed by atoms with Crippen molar-refractivity contribution >= 4 is 6.29 Å². The second-order valence-corrected chi connectivity index (χ2v) is 2.62. The van der Waals surface area contributed by atoms with Crippen LogP contribution in [0.2, 0.25) is 0 Å². The largest absolute Gasteiger partial charge is 0.299 e. The number of carbonyl (C=O) groups is 1. The van der Waals surface area contributed by atoms with Crippen LogP contribution < -0.4 is 0 Å². The van der Waals surface area contributed by atoms with Gasteiger partial charge in [0.2, 0.25) is 0 Å². The Balaban J connectivity index is 3.61. The van der Waals surface area contributed by atoms with Gasteiger partial charge in [-0.2, -0.15) is 0 Å². The lowest BCUT2D eigenvalue weighted by molar-refractivity contribution is -0.104. The Bertz CT molecular complexity index is 103. The molecule has 0 rings (SSSR count). The van der Waals surface area contributed by atoms with E-state index in [0.717, 1.165) is 6.29 Å². The molecule has 0 radical (unpaired) electrons. The van der Waals surface area contributed by atoms with Crippen LogP contribution in [0.1, 0.15) is 20.8 Å². The van der Waals surface area contributed by atoms with E-state index in [1.165, 1.54) is 0 Å². The lowest BCUT2D eigenvalue weighted by atomic mass is 9.98. The Morgan fingerprint density at radius 1 is 1.22 bits per heavy atom. The van der Waals surface area contributed by atoms with E-state index in [0.29, 0.717) is 11.8 Å². The Labute approximate surface area is 56.8 Å². The number of allylic oxidation sites excluding steroid dienone is 2. The maximum Gasteiger partial charge on any atom is 0.142 e. The molecule has 0 aliphatic heterocycles. The van der Waals surface area contributed by atoms with Crippen LogP contribution in [-0.4, -0.2) is 6.29 Å². The van der Waals surface area contributed by atoms with E-state index < -0.39 is 0 Å². The normalized spacial score (nSPS) is 14.7. The van der Waals surface area contributed by atoms with Gasteiger partial charge >= 0.3 is 0 Å². The highest BCUT2D eigenvalue weighted by Crippen LogP contribution is 2.09. The summed E-state index contributed by atoms with van der Waals surface area (Å²) in [7, 11) is 0. The molecule has 0 heterocycles. The second kappa shape index (κ2) is 4.30. The van der Waals surface area contributed by atoms with Crippen LogP contribution in [0.5, 0.6) is 0 Å². The molecule has 52 valence electrons. The third-order valence-corrected chi connectivity index (χ3v) is 1.54. The number of aldehydes is 1. The summed E-state index contributed by atoms with van der Waals surface area (Å²) >= 11 is 0. The zero-order valence-electron chi connectivity index (χ0n) is 6.29. The lowest BCUT2D eigenvalue weighted by Gasteiger charge is -2.08. The first-order valence-electron chi connectivity index (χ1n) is 3.30. The van der Waals surface area contributed by atoms with Gasteiger partial charge in [0.1, 0.15) is 6.29 Å². The van der Waals surface area contributed by atoms with Gasteiger partial charge < -0.3 is 0 Å². The molecule has 0 aromatic heterocycles. The fourth-order valence-electron chi connectivity index (χ4n) is 0.443. The van der Waals surface area contributed by atoms with Gasteiger partial charge in [0, 0.05) is 0 Å². The van der Waals surface area contributed by atoms with Crippen LogP contribution in [0.15, 0.2) is 12.2 Å². The van der Waals surface area contributed by atoms with E-state index in [1.807, 2.05) is 6.08 Å². The van der Waals surface area contributed by atoms with Crippen LogP contribution >= 0.6 is 0 Å². The average Bonchev–Trinajstić information content (AvgIpc) is 1.82. The van der Waals surface area contributed by atoms with Gasteiger partial charge in [-0.15, -0.1) is 0 Å². The minimum Gasteiger partial charge on any atom is -0.299 e. The molecule has 0 aliphatic rings. The molecule has 0 aliphatic carbocycles. The Morgan fingerprint density at radius 3 is 2.11 bits per heavy atom. The Kier molecular flexibility index (Phi) is 4.02. The van der Waals surface area contributed by atoms with Crippen molar-refractivity contribution in [1.29, 1.82) is 0 Å². The number of carbonyl (C=O) groups excluding carboxylic acids is 1. The lowest BCUT2D eigenvalue weighted by Crippen LogP contribution is -1.98. The van der Waals surface area contributed by atoms with Gasteiger partial charge in [0.05, 0.1) is 0 Å². The highest BCUT2D eigenvalue weighted by Gasteiger charge is 2.00. The molecule has 1 atom stereocenters. The van der Waals surface area contributed by atoms with Crippen LogP contribution in [0, 0.1) is 11.8 Å². The van der Waals surface area contributed by atoms with Gasteiger partial charge in [0.15, 0.2) is 0 Å². The van der Waals surface area contributed by atoms with Crippen molar-refractivity contribution in [2.24, 2.45) is 11.8 Å². The third-order valence-electron chi connectivity index (χ3n) is 1.54. The van der Waals surface area contributed by atoms with E-state index in [-0.39, 0.29) is 0 Å². The third kappa shape index (κ3) is 3.95. The summed E-state index contributed by atoms with van der Waals surface area (Å²) < 4.78 is 0. The minimum absolute atomic E-state index is 0.509. The molecule has 0 saturated carbocycles. The molecule has 0 N–H and O–H groups in total. The molecular weight excluding hydrogens is 112 g/mol. The van der Waals surface area contributed by atoms with Gasteiger partial charge in [-0.05, 0) is 17.9 Å². The maximum absolute atomic E-state index is 9.85. The number of hydrogen-bond donors (Lipinski definition) is 0. The molecule has 0 spiro atoms. The van der Waals surface area contributed by atoms with Crippen LogP contribution in [0.4, 0.5) is 0 Å². The zero-order valence-corrected chi connectivity index (χ0v) is 6.29.